The Morgan fingerprint density at radius 1 is 1.50 bits per heavy atom. The van der Waals surface area contributed by atoms with Crippen molar-refractivity contribution in [2.45, 2.75) is 26.4 Å². The van der Waals surface area contributed by atoms with Crippen LogP contribution < -0.4 is 5.32 Å². The Morgan fingerprint density at radius 2 is 2.44 bits per heavy atom. The van der Waals surface area contributed by atoms with Gasteiger partial charge in [-0.05, 0) is 35.4 Å². The summed E-state index contributed by atoms with van der Waals surface area (Å²) in [5.74, 6) is 1.11. The first kappa shape index (κ1) is 11.4. The summed E-state index contributed by atoms with van der Waals surface area (Å²) in [6.45, 7) is 4.99. The Morgan fingerprint density at radius 3 is 3.19 bits per heavy atom. The van der Waals surface area contributed by atoms with Crippen molar-refractivity contribution in [3.63, 3.8) is 0 Å². The molecule has 3 nitrogen and oxygen atoms in total. The average molecular weight is 235 g/mol. The number of nitrogens with zero attached hydrogens (tertiary/aromatic N) is 2. The van der Waals surface area contributed by atoms with Gasteiger partial charge < -0.3 is 9.88 Å². The van der Waals surface area contributed by atoms with E-state index in [9.17, 15) is 0 Å². The molecule has 0 unspecified atom stereocenters. The third-order valence-corrected chi connectivity index (χ3v) is 3.18. The highest BCUT2D eigenvalue weighted by atomic mass is 32.1. The van der Waals surface area contributed by atoms with Crippen LogP contribution in [0, 0.1) is 0 Å². The summed E-state index contributed by atoms with van der Waals surface area (Å²) in [5, 5.41) is 7.67. The van der Waals surface area contributed by atoms with Gasteiger partial charge in [-0.3, -0.25) is 0 Å². The van der Waals surface area contributed by atoms with Gasteiger partial charge in [0.05, 0.1) is 6.54 Å². The Hall–Kier alpha value is -1.13. The van der Waals surface area contributed by atoms with Crippen LogP contribution in [-0.2, 0) is 13.1 Å². The van der Waals surface area contributed by atoms with Crippen LogP contribution in [0.4, 0.5) is 0 Å². The van der Waals surface area contributed by atoms with Crippen molar-refractivity contribution < 1.29 is 0 Å². The molecule has 0 spiro atoms. The number of imidazole rings is 1. The minimum Gasteiger partial charge on any atom is -0.329 e. The van der Waals surface area contributed by atoms with E-state index in [-0.39, 0.29) is 0 Å². The third-order valence-electron chi connectivity index (χ3n) is 2.44. The van der Waals surface area contributed by atoms with Gasteiger partial charge in [-0.15, -0.1) is 0 Å². The largest absolute Gasteiger partial charge is 0.329 e. The van der Waals surface area contributed by atoms with Crippen molar-refractivity contribution in [2.24, 2.45) is 0 Å². The highest BCUT2D eigenvalue weighted by Gasteiger charge is 2.02. The minimum absolute atomic E-state index is 0.852. The Kier molecular flexibility index (Phi) is 4.13. The fourth-order valence-corrected chi connectivity index (χ4v) is 2.27. The maximum absolute atomic E-state index is 4.37. The van der Waals surface area contributed by atoms with Crippen LogP contribution in [0.1, 0.15) is 24.7 Å². The molecule has 0 bridgehead atoms. The van der Waals surface area contributed by atoms with Crippen molar-refractivity contribution in [1.29, 1.82) is 0 Å². The summed E-state index contributed by atoms with van der Waals surface area (Å²) in [6, 6.07) is 2.16. The molecule has 0 aliphatic carbocycles. The summed E-state index contributed by atoms with van der Waals surface area (Å²) in [5.41, 5.74) is 1.35. The zero-order valence-electron chi connectivity index (χ0n) is 9.52. The van der Waals surface area contributed by atoms with Gasteiger partial charge in [0.1, 0.15) is 5.82 Å². The number of thiophene rings is 1. The van der Waals surface area contributed by atoms with Gasteiger partial charge >= 0.3 is 0 Å². The molecular formula is C12H17N3S. The molecule has 2 aromatic rings. The molecule has 0 saturated heterocycles. The zero-order valence-corrected chi connectivity index (χ0v) is 10.3. The zero-order chi connectivity index (χ0) is 11.2. The van der Waals surface area contributed by atoms with Crippen LogP contribution in [0.25, 0.3) is 0 Å². The topological polar surface area (TPSA) is 29.9 Å². The molecule has 0 saturated carbocycles. The quantitative estimate of drug-likeness (QED) is 0.780. The lowest BCUT2D eigenvalue weighted by Crippen LogP contribution is -2.17. The fraction of sp³-hybridized carbons (Fsp3) is 0.417. The first-order chi connectivity index (χ1) is 7.90. The second-order valence-electron chi connectivity index (χ2n) is 3.78. The van der Waals surface area contributed by atoms with Crippen molar-refractivity contribution in [3.05, 3.63) is 40.6 Å². The normalized spacial score (nSPS) is 10.8. The standard InChI is InChI=1S/C12H17N3S/c1-2-4-13-8-12-14-5-6-15(12)9-11-3-7-16-10-11/h3,5-7,10,13H,2,4,8-9H2,1H3. The summed E-state index contributed by atoms with van der Waals surface area (Å²) < 4.78 is 2.20. The molecule has 86 valence electrons. The predicted molar refractivity (Wildman–Crippen MR) is 67.6 cm³/mol. The van der Waals surface area contributed by atoms with Gasteiger partial charge in [0.2, 0.25) is 0 Å². The van der Waals surface area contributed by atoms with Crippen LogP contribution in [-0.4, -0.2) is 16.1 Å². The van der Waals surface area contributed by atoms with E-state index in [0.29, 0.717) is 0 Å². The van der Waals surface area contributed by atoms with E-state index >= 15 is 0 Å². The Balaban J connectivity index is 1.96. The second-order valence-corrected chi connectivity index (χ2v) is 4.56. The maximum atomic E-state index is 4.37. The molecule has 0 atom stereocenters. The number of nitrogens with one attached hydrogen (secondary N) is 1. The smallest absolute Gasteiger partial charge is 0.122 e. The molecular weight excluding hydrogens is 218 g/mol. The van der Waals surface area contributed by atoms with Crippen LogP contribution >= 0.6 is 11.3 Å². The predicted octanol–water partition coefficient (Wildman–Crippen LogP) is 2.49. The molecule has 0 amide bonds. The van der Waals surface area contributed by atoms with Crippen molar-refractivity contribution in [1.82, 2.24) is 14.9 Å². The van der Waals surface area contributed by atoms with E-state index in [0.717, 1.165) is 31.9 Å². The lowest BCUT2D eigenvalue weighted by molar-refractivity contribution is 0.616. The molecule has 4 heteroatoms. The Labute approximate surface area is 100 Å². The van der Waals surface area contributed by atoms with Crippen LogP contribution in [0.5, 0.6) is 0 Å². The summed E-state index contributed by atoms with van der Waals surface area (Å²) in [7, 11) is 0. The Bertz CT molecular complexity index is 406. The van der Waals surface area contributed by atoms with Crippen LogP contribution in [0.3, 0.4) is 0 Å². The molecule has 2 rings (SSSR count). The first-order valence-electron chi connectivity index (χ1n) is 5.62. The van der Waals surface area contributed by atoms with Gasteiger partial charge in [0, 0.05) is 18.9 Å². The fourth-order valence-electron chi connectivity index (χ4n) is 1.61. The average Bonchev–Trinajstić information content (AvgIpc) is 2.92. The maximum Gasteiger partial charge on any atom is 0.122 e. The lowest BCUT2D eigenvalue weighted by atomic mass is 10.3. The van der Waals surface area contributed by atoms with Crippen LogP contribution in [0.15, 0.2) is 29.2 Å². The summed E-state index contributed by atoms with van der Waals surface area (Å²) >= 11 is 1.74. The number of hydrogen-bond acceptors (Lipinski definition) is 3. The van der Waals surface area contributed by atoms with Gasteiger partial charge in [-0.2, -0.15) is 11.3 Å². The lowest BCUT2D eigenvalue weighted by Gasteiger charge is -2.07. The van der Waals surface area contributed by atoms with Gasteiger partial charge in [-0.1, -0.05) is 6.92 Å². The van der Waals surface area contributed by atoms with Crippen LogP contribution in [0.2, 0.25) is 0 Å². The molecule has 0 aliphatic rings. The summed E-state index contributed by atoms with van der Waals surface area (Å²) in [4.78, 5) is 4.37. The van der Waals surface area contributed by atoms with E-state index in [4.69, 9.17) is 0 Å². The highest BCUT2D eigenvalue weighted by molar-refractivity contribution is 7.07. The molecule has 1 N–H and O–H groups in total. The SMILES string of the molecule is CCCNCc1nccn1Cc1ccsc1. The molecule has 0 fully saturated rings. The molecule has 2 heterocycles. The van der Waals surface area contributed by atoms with Gasteiger partial charge in [0.25, 0.3) is 0 Å². The van der Waals surface area contributed by atoms with E-state index in [1.165, 1.54) is 5.56 Å². The van der Waals surface area contributed by atoms with E-state index < -0.39 is 0 Å². The van der Waals surface area contributed by atoms with E-state index in [1.807, 2.05) is 12.4 Å². The third kappa shape index (κ3) is 2.93. The number of aromatic nitrogens is 2. The van der Waals surface area contributed by atoms with Gasteiger partial charge in [-0.25, -0.2) is 4.98 Å². The van der Waals surface area contributed by atoms with Crippen molar-refractivity contribution in [3.8, 4) is 0 Å². The number of hydrogen-bond donors (Lipinski definition) is 1. The first-order valence-corrected chi connectivity index (χ1v) is 6.56. The monoisotopic (exact) mass is 235 g/mol. The summed E-state index contributed by atoms with van der Waals surface area (Å²) in [6.07, 6.45) is 5.07. The molecule has 16 heavy (non-hydrogen) atoms. The molecule has 0 radical (unpaired) electrons. The minimum atomic E-state index is 0.852. The molecule has 2 aromatic heterocycles. The molecule has 0 aliphatic heterocycles. The van der Waals surface area contributed by atoms with E-state index in [2.05, 4.69) is 38.6 Å². The van der Waals surface area contributed by atoms with Crippen molar-refractivity contribution >= 4 is 11.3 Å². The molecule has 0 aromatic carbocycles. The second kappa shape index (κ2) is 5.82. The van der Waals surface area contributed by atoms with Gasteiger partial charge in [0.15, 0.2) is 0 Å². The highest BCUT2D eigenvalue weighted by Crippen LogP contribution is 2.09. The van der Waals surface area contributed by atoms with Crippen molar-refractivity contribution in [2.75, 3.05) is 6.54 Å². The van der Waals surface area contributed by atoms with E-state index in [1.54, 1.807) is 11.3 Å². The number of rotatable bonds is 6.